The Kier molecular flexibility index (Phi) is 4.05. The Morgan fingerprint density at radius 1 is 1.50 bits per heavy atom. The van der Waals surface area contributed by atoms with Crippen molar-refractivity contribution < 1.29 is 9.53 Å². The fraction of sp³-hybridized carbons (Fsp3) is 0.714. The number of thiazole rings is 1. The van der Waals surface area contributed by atoms with Crippen molar-refractivity contribution in [2.75, 3.05) is 7.11 Å². The molecule has 1 aliphatic carbocycles. The molecule has 100 valence electrons. The molecule has 0 saturated heterocycles. The van der Waals surface area contributed by atoms with Crippen molar-refractivity contribution in [1.29, 1.82) is 0 Å². The molecule has 0 N–H and O–H groups in total. The lowest BCUT2D eigenvalue weighted by Crippen LogP contribution is -2.27. The number of rotatable bonds is 4. The highest BCUT2D eigenvalue weighted by atomic mass is 32.1. The van der Waals surface area contributed by atoms with Gasteiger partial charge in [-0.3, -0.25) is 4.79 Å². The maximum absolute atomic E-state index is 11.7. The normalized spacial score (nSPS) is 17.1. The van der Waals surface area contributed by atoms with Crippen molar-refractivity contribution in [1.82, 2.24) is 4.98 Å². The molecule has 3 nitrogen and oxygen atoms in total. The molecule has 2 rings (SSSR count). The lowest BCUT2D eigenvalue weighted by atomic mass is 9.90. The van der Waals surface area contributed by atoms with Gasteiger partial charge in [-0.25, -0.2) is 4.98 Å². The summed E-state index contributed by atoms with van der Waals surface area (Å²) >= 11 is 1.67. The highest BCUT2D eigenvalue weighted by molar-refractivity contribution is 7.09. The first kappa shape index (κ1) is 13.5. The van der Waals surface area contributed by atoms with Crippen LogP contribution < -0.4 is 0 Å². The van der Waals surface area contributed by atoms with Crippen LogP contribution in [-0.2, 0) is 16.0 Å². The summed E-state index contributed by atoms with van der Waals surface area (Å²) in [6, 6.07) is 0. The molecule has 1 aromatic rings. The molecule has 0 amide bonds. The number of hydrogen-bond acceptors (Lipinski definition) is 4. The second kappa shape index (κ2) is 5.39. The van der Waals surface area contributed by atoms with Gasteiger partial charge in [0.1, 0.15) is 0 Å². The van der Waals surface area contributed by atoms with E-state index in [4.69, 9.17) is 9.72 Å². The van der Waals surface area contributed by atoms with Crippen LogP contribution in [0.4, 0.5) is 0 Å². The molecule has 1 saturated carbocycles. The first-order valence-corrected chi connectivity index (χ1v) is 7.43. The van der Waals surface area contributed by atoms with Crippen LogP contribution in [0.15, 0.2) is 5.38 Å². The van der Waals surface area contributed by atoms with Gasteiger partial charge >= 0.3 is 5.97 Å². The molecule has 4 heteroatoms. The Bertz CT molecular complexity index is 419. The number of hydrogen-bond donors (Lipinski definition) is 0. The number of methoxy groups -OCH3 is 1. The quantitative estimate of drug-likeness (QED) is 0.783. The number of aromatic nitrogens is 1. The van der Waals surface area contributed by atoms with Gasteiger partial charge in [-0.05, 0) is 26.7 Å². The van der Waals surface area contributed by atoms with Gasteiger partial charge in [-0.15, -0.1) is 11.3 Å². The largest absolute Gasteiger partial charge is 0.469 e. The van der Waals surface area contributed by atoms with Crippen molar-refractivity contribution in [2.24, 2.45) is 5.41 Å². The molecule has 18 heavy (non-hydrogen) atoms. The number of esters is 1. The van der Waals surface area contributed by atoms with E-state index < -0.39 is 5.41 Å². The third kappa shape index (κ3) is 2.91. The van der Waals surface area contributed by atoms with Crippen molar-refractivity contribution in [3.63, 3.8) is 0 Å². The van der Waals surface area contributed by atoms with E-state index in [1.54, 1.807) is 11.3 Å². The average molecular weight is 267 g/mol. The van der Waals surface area contributed by atoms with E-state index >= 15 is 0 Å². The molecule has 0 radical (unpaired) electrons. The Morgan fingerprint density at radius 2 is 2.17 bits per heavy atom. The molecule has 1 aliphatic rings. The van der Waals surface area contributed by atoms with Crippen LogP contribution in [-0.4, -0.2) is 18.1 Å². The molecule has 1 heterocycles. The van der Waals surface area contributed by atoms with Gasteiger partial charge in [0.25, 0.3) is 0 Å². The molecule has 0 atom stereocenters. The van der Waals surface area contributed by atoms with E-state index in [1.165, 1.54) is 38.5 Å². The fourth-order valence-electron chi connectivity index (χ4n) is 2.54. The van der Waals surface area contributed by atoms with Gasteiger partial charge in [0, 0.05) is 17.7 Å². The summed E-state index contributed by atoms with van der Waals surface area (Å²) in [5.41, 5.74) is 0.743. The van der Waals surface area contributed by atoms with Crippen LogP contribution in [0, 0.1) is 5.41 Å². The minimum atomic E-state index is -0.487. The van der Waals surface area contributed by atoms with E-state index in [9.17, 15) is 4.79 Å². The van der Waals surface area contributed by atoms with Gasteiger partial charge in [0.2, 0.25) is 0 Å². The molecule has 0 spiro atoms. The zero-order valence-corrected chi connectivity index (χ0v) is 12.2. The Morgan fingerprint density at radius 3 is 2.78 bits per heavy atom. The second-order valence-electron chi connectivity index (χ2n) is 5.70. The standard InChI is InChI=1S/C14H21NO2S/c1-14(2,13(16)17-3)8-12-15-11(9-18-12)10-6-4-5-7-10/h9-10H,4-8H2,1-3H3. The molecule has 0 bridgehead atoms. The molecule has 0 aromatic carbocycles. The zero-order valence-electron chi connectivity index (χ0n) is 11.4. The van der Waals surface area contributed by atoms with Crippen LogP contribution in [0.1, 0.15) is 56.2 Å². The molecule has 1 aromatic heterocycles. The summed E-state index contributed by atoms with van der Waals surface area (Å²) < 4.78 is 4.83. The van der Waals surface area contributed by atoms with Crippen LogP contribution >= 0.6 is 11.3 Å². The van der Waals surface area contributed by atoms with Gasteiger partial charge in [0.05, 0.1) is 23.2 Å². The molecule has 0 aliphatic heterocycles. The minimum Gasteiger partial charge on any atom is -0.469 e. The molecule has 1 fully saturated rings. The minimum absolute atomic E-state index is 0.167. The smallest absolute Gasteiger partial charge is 0.311 e. The SMILES string of the molecule is COC(=O)C(C)(C)Cc1nc(C2CCCC2)cs1. The van der Waals surface area contributed by atoms with Crippen LogP contribution in [0.3, 0.4) is 0 Å². The van der Waals surface area contributed by atoms with Crippen molar-refractivity contribution >= 4 is 17.3 Å². The molecule has 0 unspecified atom stereocenters. The summed E-state index contributed by atoms with van der Waals surface area (Å²) in [4.78, 5) is 16.4. The monoisotopic (exact) mass is 267 g/mol. The highest BCUT2D eigenvalue weighted by Crippen LogP contribution is 2.35. The number of ether oxygens (including phenoxy) is 1. The van der Waals surface area contributed by atoms with Crippen molar-refractivity contribution in [3.8, 4) is 0 Å². The lowest BCUT2D eigenvalue weighted by Gasteiger charge is -2.19. The maximum atomic E-state index is 11.7. The predicted molar refractivity (Wildman–Crippen MR) is 72.8 cm³/mol. The van der Waals surface area contributed by atoms with Gasteiger partial charge in [0.15, 0.2) is 0 Å². The summed E-state index contributed by atoms with van der Waals surface area (Å²) in [5, 5.41) is 3.21. The number of carbonyl (C=O) groups is 1. The third-order valence-electron chi connectivity index (χ3n) is 3.67. The van der Waals surface area contributed by atoms with Gasteiger partial charge < -0.3 is 4.74 Å². The first-order chi connectivity index (χ1) is 8.53. The Labute approximate surface area is 113 Å². The molecular formula is C14H21NO2S. The Balaban J connectivity index is 2.04. The van der Waals surface area contributed by atoms with E-state index in [0.29, 0.717) is 12.3 Å². The van der Waals surface area contributed by atoms with E-state index in [0.717, 1.165) is 5.01 Å². The summed E-state index contributed by atoms with van der Waals surface area (Å²) in [7, 11) is 1.44. The second-order valence-corrected chi connectivity index (χ2v) is 6.64. The zero-order chi connectivity index (χ0) is 13.2. The third-order valence-corrected chi connectivity index (χ3v) is 4.54. The Hall–Kier alpha value is -0.900. The fourth-order valence-corrected chi connectivity index (χ4v) is 3.65. The van der Waals surface area contributed by atoms with E-state index in [1.807, 2.05) is 13.8 Å². The van der Waals surface area contributed by atoms with Gasteiger partial charge in [-0.2, -0.15) is 0 Å². The predicted octanol–water partition coefficient (Wildman–Crippen LogP) is 3.54. The van der Waals surface area contributed by atoms with Crippen molar-refractivity contribution in [3.05, 3.63) is 16.1 Å². The first-order valence-electron chi connectivity index (χ1n) is 6.55. The van der Waals surface area contributed by atoms with Crippen LogP contribution in [0.2, 0.25) is 0 Å². The summed E-state index contributed by atoms with van der Waals surface area (Å²) in [5.74, 6) is 0.483. The highest BCUT2D eigenvalue weighted by Gasteiger charge is 2.30. The summed E-state index contributed by atoms with van der Waals surface area (Å²) in [6.07, 6.45) is 5.85. The summed E-state index contributed by atoms with van der Waals surface area (Å²) in [6.45, 7) is 3.82. The average Bonchev–Trinajstić information content (AvgIpc) is 2.97. The van der Waals surface area contributed by atoms with E-state index in [-0.39, 0.29) is 5.97 Å². The van der Waals surface area contributed by atoms with Crippen LogP contribution in [0.5, 0.6) is 0 Å². The molecular weight excluding hydrogens is 246 g/mol. The van der Waals surface area contributed by atoms with Crippen molar-refractivity contribution in [2.45, 2.75) is 51.9 Å². The topological polar surface area (TPSA) is 39.2 Å². The lowest BCUT2D eigenvalue weighted by molar-refractivity contribution is -0.150. The van der Waals surface area contributed by atoms with Crippen LogP contribution in [0.25, 0.3) is 0 Å². The van der Waals surface area contributed by atoms with Gasteiger partial charge in [-0.1, -0.05) is 12.8 Å². The van der Waals surface area contributed by atoms with E-state index in [2.05, 4.69) is 5.38 Å². The maximum Gasteiger partial charge on any atom is 0.311 e. The number of nitrogens with zero attached hydrogens (tertiary/aromatic N) is 1. The number of carbonyl (C=O) groups excluding carboxylic acids is 1.